The molecule has 0 saturated carbocycles. The van der Waals surface area contributed by atoms with Crippen molar-refractivity contribution in [2.24, 2.45) is 0 Å². The van der Waals surface area contributed by atoms with Gasteiger partial charge in [-0.3, -0.25) is 0 Å². The fraction of sp³-hybridized carbons (Fsp3) is 0.400. The lowest BCUT2D eigenvalue weighted by Crippen LogP contribution is -2.36. The van der Waals surface area contributed by atoms with Gasteiger partial charge in [-0.15, -0.1) is 11.3 Å². The summed E-state index contributed by atoms with van der Waals surface area (Å²) in [5.41, 5.74) is 4.18. The fourth-order valence-corrected chi connectivity index (χ4v) is 3.05. The monoisotopic (exact) mass is 276 g/mol. The predicted molar refractivity (Wildman–Crippen MR) is 79.4 cm³/mol. The summed E-state index contributed by atoms with van der Waals surface area (Å²) < 4.78 is 0. The largest absolute Gasteiger partial charge is 0.395 e. The van der Waals surface area contributed by atoms with Crippen molar-refractivity contribution >= 4 is 11.3 Å². The van der Waals surface area contributed by atoms with Crippen molar-refractivity contribution in [3.63, 3.8) is 0 Å². The molecule has 0 spiro atoms. The smallest absolute Gasteiger partial charge is 0.0798 e. The molecule has 0 aliphatic rings. The van der Waals surface area contributed by atoms with Crippen LogP contribution < -0.4 is 5.32 Å². The van der Waals surface area contributed by atoms with E-state index in [0.717, 1.165) is 12.1 Å². The average Bonchev–Trinajstić information content (AvgIpc) is 2.85. The number of aliphatic hydroxyl groups excluding tert-OH is 1. The maximum absolute atomic E-state index is 9.53. The third-order valence-corrected chi connectivity index (χ3v) is 4.32. The topological polar surface area (TPSA) is 45.2 Å². The van der Waals surface area contributed by atoms with Gasteiger partial charge in [0.2, 0.25) is 0 Å². The number of aryl methyl sites for hydroxylation is 1. The highest BCUT2D eigenvalue weighted by Gasteiger charge is 2.16. The second kappa shape index (κ2) is 6.80. The quantitative estimate of drug-likeness (QED) is 0.852. The van der Waals surface area contributed by atoms with Crippen LogP contribution in [-0.2, 0) is 6.42 Å². The standard InChI is InChI=1S/C15H20N2OS/c1-11-15(19-10-16-11)12(2)17-14(9-18)8-13-6-4-3-5-7-13/h3-7,10,12,14,17-18H,8-9H2,1-2H3/t12?,14-/m0/s1. The van der Waals surface area contributed by atoms with Crippen molar-refractivity contribution in [1.29, 1.82) is 0 Å². The normalized spacial score (nSPS) is 14.3. The highest BCUT2D eigenvalue weighted by atomic mass is 32.1. The average molecular weight is 276 g/mol. The molecule has 0 aliphatic heterocycles. The van der Waals surface area contributed by atoms with E-state index in [4.69, 9.17) is 0 Å². The molecule has 2 rings (SSSR count). The summed E-state index contributed by atoms with van der Waals surface area (Å²) >= 11 is 1.66. The second-order valence-corrected chi connectivity index (χ2v) is 5.65. The first-order chi connectivity index (χ1) is 9.20. The van der Waals surface area contributed by atoms with Gasteiger partial charge in [0, 0.05) is 17.0 Å². The molecule has 0 bridgehead atoms. The van der Waals surface area contributed by atoms with Crippen molar-refractivity contribution in [3.8, 4) is 0 Å². The highest BCUT2D eigenvalue weighted by Crippen LogP contribution is 2.21. The minimum Gasteiger partial charge on any atom is -0.395 e. The van der Waals surface area contributed by atoms with E-state index in [1.54, 1.807) is 11.3 Å². The van der Waals surface area contributed by atoms with Crippen LogP contribution in [0.1, 0.15) is 29.1 Å². The number of aromatic nitrogens is 1. The van der Waals surface area contributed by atoms with E-state index in [9.17, 15) is 5.11 Å². The summed E-state index contributed by atoms with van der Waals surface area (Å²) in [6.07, 6.45) is 0.833. The Morgan fingerprint density at radius 1 is 1.32 bits per heavy atom. The fourth-order valence-electron chi connectivity index (χ4n) is 2.23. The third-order valence-electron chi connectivity index (χ3n) is 3.21. The lowest BCUT2D eigenvalue weighted by atomic mass is 10.1. The highest BCUT2D eigenvalue weighted by molar-refractivity contribution is 7.09. The van der Waals surface area contributed by atoms with Crippen LogP contribution >= 0.6 is 11.3 Å². The Labute approximate surface area is 118 Å². The summed E-state index contributed by atoms with van der Waals surface area (Å²) in [4.78, 5) is 5.51. The zero-order chi connectivity index (χ0) is 13.7. The summed E-state index contributed by atoms with van der Waals surface area (Å²) in [7, 11) is 0. The Hall–Kier alpha value is -1.23. The molecule has 2 aromatic rings. The van der Waals surface area contributed by atoms with Crippen LogP contribution in [0.5, 0.6) is 0 Å². The van der Waals surface area contributed by atoms with Gasteiger partial charge in [0.05, 0.1) is 17.8 Å². The van der Waals surface area contributed by atoms with E-state index in [1.807, 2.05) is 30.6 Å². The molecule has 0 fully saturated rings. The minimum atomic E-state index is 0.0684. The summed E-state index contributed by atoms with van der Waals surface area (Å²) in [5, 5.41) is 13.0. The van der Waals surface area contributed by atoms with Gasteiger partial charge >= 0.3 is 0 Å². The SMILES string of the molecule is Cc1ncsc1C(C)N[C@H](CO)Cc1ccccc1. The maximum atomic E-state index is 9.53. The zero-order valence-electron chi connectivity index (χ0n) is 11.3. The van der Waals surface area contributed by atoms with Crippen molar-refractivity contribution in [2.75, 3.05) is 6.61 Å². The molecular formula is C15H20N2OS. The van der Waals surface area contributed by atoms with Gasteiger partial charge in [0.25, 0.3) is 0 Å². The van der Waals surface area contributed by atoms with Gasteiger partial charge in [0.1, 0.15) is 0 Å². The van der Waals surface area contributed by atoms with E-state index in [1.165, 1.54) is 10.4 Å². The van der Waals surface area contributed by atoms with Crippen LogP contribution in [0.15, 0.2) is 35.8 Å². The molecule has 3 nitrogen and oxygen atoms in total. The molecule has 0 amide bonds. The van der Waals surface area contributed by atoms with Gasteiger partial charge in [-0.1, -0.05) is 30.3 Å². The molecule has 0 radical (unpaired) electrons. The van der Waals surface area contributed by atoms with Crippen LogP contribution in [0.25, 0.3) is 0 Å². The summed E-state index contributed by atoms with van der Waals surface area (Å²) in [6, 6.07) is 10.5. The van der Waals surface area contributed by atoms with E-state index in [0.29, 0.717) is 0 Å². The first-order valence-corrected chi connectivity index (χ1v) is 7.39. The summed E-state index contributed by atoms with van der Waals surface area (Å²) in [5.74, 6) is 0. The molecule has 1 unspecified atom stereocenters. The maximum Gasteiger partial charge on any atom is 0.0798 e. The number of nitrogens with one attached hydrogen (secondary N) is 1. The first kappa shape index (κ1) is 14.2. The number of hydrogen-bond donors (Lipinski definition) is 2. The molecule has 19 heavy (non-hydrogen) atoms. The van der Waals surface area contributed by atoms with Crippen molar-refractivity contribution in [3.05, 3.63) is 52.0 Å². The number of hydrogen-bond acceptors (Lipinski definition) is 4. The van der Waals surface area contributed by atoms with E-state index < -0.39 is 0 Å². The Kier molecular flexibility index (Phi) is 5.07. The number of nitrogens with zero attached hydrogens (tertiary/aromatic N) is 1. The number of aliphatic hydroxyl groups is 1. The van der Waals surface area contributed by atoms with Gasteiger partial charge in [-0.05, 0) is 25.8 Å². The van der Waals surface area contributed by atoms with Gasteiger partial charge < -0.3 is 10.4 Å². The minimum absolute atomic E-state index is 0.0684. The van der Waals surface area contributed by atoms with Crippen LogP contribution in [0.2, 0.25) is 0 Å². The van der Waals surface area contributed by atoms with Crippen LogP contribution in [0.3, 0.4) is 0 Å². The molecule has 2 atom stereocenters. The molecular weight excluding hydrogens is 256 g/mol. The molecule has 1 aromatic heterocycles. The Morgan fingerprint density at radius 2 is 2.05 bits per heavy atom. The predicted octanol–water partition coefficient (Wildman–Crippen LogP) is 2.71. The Morgan fingerprint density at radius 3 is 2.63 bits per heavy atom. The Balaban J connectivity index is 1.98. The first-order valence-electron chi connectivity index (χ1n) is 6.51. The number of benzene rings is 1. The Bertz CT molecular complexity index is 498. The molecule has 0 aliphatic carbocycles. The molecule has 0 saturated heterocycles. The number of rotatable bonds is 6. The second-order valence-electron chi connectivity index (χ2n) is 4.76. The van der Waals surface area contributed by atoms with Crippen molar-refractivity contribution in [1.82, 2.24) is 10.3 Å². The third kappa shape index (κ3) is 3.86. The molecule has 1 aromatic carbocycles. The summed E-state index contributed by atoms with van der Waals surface area (Å²) in [6.45, 7) is 4.28. The van der Waals surface area contributed by atoms with E-state index >= 15 is 0 Å². The van der Waals surface area contributed by atoms with E-state index in [2.05, 4.69) is 29.4 Å². The zero-order valence-corrected chi connectivity index (χ0v) is 12.2. The molecule has 4 heteroatoms. The van der Waals surface area contributed by atoms with Gasteiger partial charge in [-0.2, -0.15) is 0 Å². The van der Waals surface area contributed by atoms with Crippen LogP contribution in [0, 0.1) is 6.92 Å². The van der Waals surface area contributed by atoms with E-state index in [-0.39, 0.29) is 18.7 Å². The molecule has 102 valence electrons. The molecule has 1 heterocycles. The lowest BCUT2D eigenvalue weighted by Gasteiger charge is -2.21. The lowest BCUT2D eigenvalue weighted by molar-refractivity contribution is 0.233. The van der Waals surface area contributed by atoms with Crippen LogP contribution in [0.4, 0.5) is 0 Å². The van der Waals surface area contributed by atoms with Gasteiger partial charge in [-0.25, -0.2) is 4.98 Å². The molecule has 2 N–H and O–H groups in total. The van der Waals surface area contributed by atoms with Crippen molar-refractivity contribution < 1.29 is 5.11 Å². The van der Waals surface area contributed by atoms with Gasteiger partial charge in [0.15, 0.2) is 0 Å². The van der Waals surface area contributed by atoms with Crippen LogP contribution in [-0.4, -0.2) is 22.7 Å². The number of thiazole rings is 1. The van der Waals surface area contributed by atoms with Crippen molar-refractivity contribution in [2.45, 2.75) is 32.4 Å².